The summed E-state index contributed by atoms with van der Waals surface area (Å²) in [6.45, 7) is 13.3. The molecule has 5 rings (SSSR count). The Kier molecular flexibility index (Phi) is 11.9. The van der Waals surface area contributed by atoms with Gasteiger partial charge in [-0.15, -0.1) is 0 Å². The lowest BCUT2D eigenvalue weighted by Gasteiger charge is -2.30. The number of imidazole rings is 2. The Morgan fingerprint density at radius 3 is 1.85 bits per heavy atom. The number of alkyl carbamates (subject to hydrolysis) is 2. The number of aromatic nitrogens is 4. The summed E-state index contributed by atoms with van der Waals surface area (Å²) in [5.41, 5.74) is 4.78. The van der Waals surface area contributed by atoms with E-state index < -0.39 is 35.8 Å². The number of H-pyrrole nitrogens is 2. The average molecular weight is 727 g/mol. The number of likely N-dealkylation sites (tertiary alicyclic amines) is 1. The molecule has 1 aliphatic rings. The summed E-state index contributed by atoms with van der Waals surface area (Å²) in [6.07, 6.45) is 3.76. The van der Waals surface area contributed by atoms with Crippen LogP contribution in [0, 0.1) is 11.8 Å². The predicted molar refractivity (Wildman–Crippen MR) is 202 cm³/mol. The highest BCUT2D eigenvalue weighted by Gasteiger charge is 2.37. The molecule has 0 spiro atoms. The summed E-state index contributed by atoms with van der Waals surface area (Å²) >= 11 is 0. The van der Waals surface area contributed by atoms with Crippen molar-refractivity contribution in [3.05, 3.63) is 66.7 Å². The van der Waals surface area contributed by atoms with Crippen molar-refractivity contribution < 1.29 is 28.7 Å². The minimum Gasteiger partial charge on any atom is -0.453 e. The zero-order valence-corrected chi connectivity index (χ0v) is 31.6. The van der Waals surface area contributed by atoms with Crippen LogP contribution in [-0.4, -0.2) is 80.2 Å². The first-order valence-corrected chi connectivity index (χ1v) is 17.9. The number of nitrogens with zero attached hydrogens (tertiary/aromatic N) is 3. The van der Waals surface area contributed by atoms with E-state index in [1.165, 1.54) is 7.11 Å². The van der Waals surface area contributed by atoms with E-state index in [0.717, 1.165) is 46.5 Å². The standard InChI is InChI=1S/C39H50N8O6/c1-22(2)31(44-38(51)53-39(5,6)7)34(48)46-36-41-21-29(43-36)27-17-13-25(14-18-27)24-11-15-26(16-12-24)28-20-40-33(42-28)30-10-9-19-47(30)35(49)32(23(3)4)45-37(50)52-8/h11-18,20-23,30-32H,9-10,19H2,1-8H3,(H,40,42)(H,44,51)(H,45,50)(H2,41,43,46,48)/t30-,31-,32-/m0/s1. The second-order valence-corrected chi connectivity index (χ2v) is 14.9. The molecule has 4 aromatic rings. The molecule has 1 aliphatic heterocycles. The van der Waals surface area contributed by atoms with Crippen LogP contribution in [0.3, 0.4) is 0 Å². The molecule has 3 heterocycles. The van der Waals surface area contributed by atoms with Gasteiger partial charge in [0.25, 0.3) is 0 Å². The monoisotopic (exact) mass is 726 g/mol. The van der Waals surface area contributed by atoms with Crippen molar-refractivity contribution in [3.63, 3.8) is 0 Å². The lowest BCUT2D eigenvalue weighted by molar-refractivity contribution is -0.135. The Balaban J connectivity index is 1.21. The van der Waals surface area contributed by atoms with Gasteiger partial charge < -0.3 is 35.0 Å². The van der Waals surface area contributed by atoms with Gasteiger partial charge in [-0.25, -0.2) is 19.6 Å². The molecule has 3 atom stereocenters. The number of anilines is 1. The van der Waals surface area contributed by atoms with Gasteiger partial charge in [0.05, 0.1) is 36.9 Å². The third-order valence-corrected chi connectivity index (χ3v) is 9.00. The fourth-order valence-electron chi connectivity index (χ4n) is 6.23. The second-order valence-electron chi connectivity index (χ2n) is 14.9. The van der Waals surface area contributed by atoms with E-state index in [-0.39, 0.29) is 29.7 Å². The molecule has 282 valence electrons. The fraction of sp³-hybridized carbons (Fsp3) is 0.436. The van der Waals surface area contributed by atoms with Gasteiger partial charge in [-0.3, -0.25) is 14.9 Å². The fourth-order valence-corrected chi connectivity index (χ4v) is 6.23. The SMILES string of the molecule is COC(=O)N[C@H](C(=O)N1CCC[C@H]1c1ncc(-c2ccc(-c3ccc(-c4cnc(NC(=O)[C@@H](NC(=O)OC(C)(C)C)C(C)C)[nH]4)cc3)cc2)[nH]1)C(C)C. The minimum absolute atomic E-state index is 0.109. The molecule has 2 aromatic heterocycles. The second kappa shape index (κ2) is 16.3. The topological polar surface area (TPSA) is 183 Å². The molecule has 0 radical (unpaired) electrons. The van der Waals surface area contributed by atoms with Crippen LogP contribution in [0.2, 0.25) is 0 Å². The summed E-state index contributed by atoms with van der Waals surface area (Å²) in [6, 6.07) is 14.4. The normalized spacial score (nSPS) is 15.6. The van der Waals surface area contributed by atoms with E-state index >= 15 is 0 Å². The van der Waals surface area contributed by atoms with E-state index in [9.17, 15) is 19.2 Å². The van der Waals surface area contributed by atoms with Crippen molar-refractivity contribution in [2.45, 2.75) is 85.0 Å². The van der Waals surface area contributed by atoms with Crippen LogP contribution in [0.1, 0.15) is 73.2 Å². The van der Waals surface area contributed by atoms with Crippen LogP contribution in [0.25, 0.3) is 33.6 Å². The van der Waals surface area contributed by atoms with Gasteiger partial charge in [0, 0.05) is 6.54 Å². The average Bonchev–Trinajstić information content (AvgIpc) is 3.90. The van der Waals surface area contributed by atoms with E-state index in [2.05, 4.69) is 35.9 Å². The number of nitrogens with one attached hydrogen (secondary N) is 5. The number of methoxy groups -OCH3 is 1. The van der Waals surface area contributed by atoms with Gasteiger partial charge in [-0.2, -0.15) is 0 Å². The number of carbonyl (C=O) groups is 4. The van der Waals surface area contributed by atoms with Crippen molar-refractivity contribution in [2.24, 2.45) is 11.8 Å². The third-order valence-electron chi connectivity index (χ3n) is 9.00. The van der Waals surface area contributed by atoms with E-state index in [0.29, 0.717) is 12.4 Å². The van der Waals surface area contributed by atoms with Crippen molar-refractivity contribution in [1.29, 1.82) is 0 Å². The van der Waals surface area contributed by atoms with Gasteiger partial charge >= 0.3 is 12.2 Å². The zero-order valence-electron chi connectivity index (χ0n) is 31.6. The summed E-state index contributed by atoms with van der Waals surface area (Å²) < 4.78 is 10.1. The van der Waals surface area contributed by atoms with Gasteiger partial charge in [-0.05, 0) is 67.7 Å². The molecule has 0 bridgehead atoms. The highest BCUT2D eigenvalue weighted by molar-refractivity contribution is 5.95. The summed E-state index contributed by atoms with van der Waals surface area (Å²) in [4.78, 5) is 68.1. The van der Waals surface area contributed by atoms with Crippen molar-refractivity contribution in [3.8, 4) is 33.6 Å². The Labute approximate surface area is 309 Å². The van der Waals surface area contributed by atoms with Crippen LogP contribution < -0.4 is 16.0 Å². The minimum atomic E-state index is -0.812. The number of ether oxygens (including phenoxy) is 2. The predicted octanol–water partition coefficient (Wildman–Crippen LogP) is 6.67. The third kappa shape index (κ3) is 9.62. The number of carbonyl (C=O) groups excluding carboxylic acids is 4. The number of hydrogen-bond donors (Lipinski definition) is 5. The van der Waals surface area contributed by atoms with Gasteiger partial charge in [0.15, 0.2) is 0 Å². The molecule has 2 aromatic carbocycles. The van der Waals surface area contributed by atoms with Crippen LogP contribution in [0.15, 0.2) is 60.9 Å². The number of benzene rings is 2. The molecule has 53 heavy (non-hydrogen) atoms. The molecule has 1 fully saturated rings. The summed E-state index contributed by atoms with van der Waals surface area (Å²) in [7, 11) is 1.28. The Morgan fingerprint density at radius 2 is 1.30 bits per heavy atom. The quantitative estimate of drug-likeness (QED) is 0.114. The maximum atomic E-state index is 13.5. The van der Waals surface area contributed by atoms with Gasteiger partial charge in [0.2, 0.25) is 17.8 Å². The van der Waals surface area contributed by atoms with Crippen LogP contribution >= 0.6 is 0 Å². The first-order valence-electron chi connectivity index (χ1n) is 17.9. The molecular weight excluding hydrogens is 676 g/mol. The van der Waals surface area contributed by atoms with Crippen LogP contribution in [0.4, 0.5) is 15.5 Å². The van der Waals surface area contributed by atoms with E-state index in [1.54, 1.807) is 38.1 Å². The first kappa shape index (κ1) is 38.6. The Bertz CT molecular complexity index is 1890. The zero-order chi connectivity index (χ0) is 38.4. The maximum absolute atomic E-state index is 13.5. The number of amides is 4. The summed E-state index contributed by atoms with van der Waals surface area (Å²) in [5, 5.41) is 8.09. The number of rotatable bonds is 11. The first-order chi connectivity index (χ1) is 25.1. The van der Waals surface area contributed by atoms with Gasteiger partial charge in [0.1, 0.15) is 23.5 Å². The largest absolute Gasteiger partial charge is 0.453 e. The molecule has 1 saturated heterocycles. The Hall–Kier alpha value is -5.66. The van der Waals surface area contributed by atoms with Crippen molar-refractivity contribution in [1.82, 2.24) is 35.5 Å². The lowest BCUT2D eigenvalue weighted by Crippen LogP contribution is -2.51. The van der Waals surface area contributed by atoms with E-state index in [4.69, 9.17) is 9.47 Å². The molecular formula is C39H50N8O6. The lowest BCUT2D eigenvalue weighted by atomic mass is 10.0. The maximum Gasteiger partial charge on any atom is 0.408 e. The van der Waals surface area contributed by atoms with E-state index in [1.807, 2.05) is 76.2 Å². The molecule has 4 amide bonds. The van der Waals surface area contributed by atoms with Crippen LogP contribution in [-0.2, 0) is 19.1 Å². The number of hydrogen-bond acceptors (Lipinski definition) is 8. The molecule has 0 saturated carbocycles. The smallest absolute Gasteiger partial charge is 0.408 e. The van der Waals surface area contributed by atoms with Crippen LogP contribution in [0.5, 0.6) is 0 Å². The molecule has 14 heteroatoms. The van der Waals surface area contributed by atoms with Crippen molar-refractivity contribution >= 4 is 29.9 Å². The molecule has 0 unspecified atom stereocenters. The molecule has 0 aliphatic carbocycles. The number of aromatic amines is 2. The van der Waals surface area contributed by atoms with Crippen molar-refractivity contribution in [2.75, 3.05) is 19.0 Å². The Morgan fingerprint density at radius 1 is 0.774 bits per heavy atom. The highest BCUT2D eigenvalue weighted by atomic mass is 16.6. The van der Waals surface area contributed by atoms with Gasteiger partial charge in [-0.1, -0.05) is 76.2 Å². The highest BCUT2D eigenvalue weighted by Crippen LogP contribution is 2.33. The molecule has 14 nitrogen and oxygen atoms in total. The summed E-state index contributed by atoms with van der Waals surface area (Å²) in [5.74, 6) is 0.138. The molecule has 5 N–H and O–H groups in total.